The third-order valence-corrected chi connectivity index (χ3v) is 4.47. The van der Waals surface area contributed by atoms with E-state index in [1.807, 2.05) is 12.1 Å². The van der Waals surface area contributed by atoms with E-state index in [9.17, 15) is 0 Å². The lowest BCUT2D eigenvalue weighted by atomic mass is 10.1. The minimum atomic E-state index is 0.289. The highest BCUT2D eigenvalue weighted by atomic mass is 35.5. The molecule has 1 unspecified atom stereocenters. The van der Waals surface area contributed by atoms with Crippen molar-refractivity contribution in [3.63, 3.8) is 0 Å². The van der Waals surface area contributed by atoms with Gasteiger partial charge in [-0.3, -0.25) is 0 Å². The third-order valence-electron chi connectivity index (χ3n) is 4.11. The zero-order valence-electron chi connectivity index (χ0n) is 13.1. The van der Waals surface area contributed by atoms with Crippen molar-refractivity contribution in [1.29, 1.82) is 0 Å². The molecule has 0 spiro atoms. The van der Waals surface area contributed by atoms with E-state index < -0.39 is 0 Å². The van der Waals surface area contributed by atoms with Crippen LogP contribution in [0.1, 0.15) is 32.3 Å². The molecular formula is C17H27ClN2O. The van der Waals surface area contributed by atoms with Gasteiger partial charge in [-0.25, -0.2) is 0 Å². The van der Waals surface area contributed by atoms with Crippen molar-refractivity contribution in [3.05, 3.63) is 28.8 Å². The van der Waals surface area contributed by atoms with Crippen LogP contribution >= 0.6 is 11.6 Å². The van der Waals surface area contributed by atoms with Gasteiger partial charge in [0.25, 0.3) is 0 Å². The van der Waals surface area contributed by atoms with Crippen molar-refractivity contribution in [2.24, 2.45) is 11.8 Å². The number of aliphatic hydroxyl groups is 1. The molecule has 1 atom stereocenters. The van der Waals surface area contributed by atoms with Crippen LogP contribution in [0, 0.1) is 11.8 Å². The molecule has 0 amide bonds. The first-order valence-electron chi connectivity index (χ1n) is 7.95. The smallest absolute Gasteiger partial charge is 0.0471 e. The van der Waals surface area contributed by atoms with Gasteiger partial charge in [0, 0.05) is 42.5 Å². The predicted octanol–water partition coefficient (Wildman–Crippen LogP) is 3.29. The summed E-state index contributed by atoms with van der Waals surface area (Å²) in [5, 5.41) is 13.4. The van der Waals surface area contributed by atoms with Gasteiger partial charge in [-0.2, -0.15) is 0 Å². The highest BCUT2D eigenvalue weighted by Crippen LogP contribution is 2.32. The second-order valence-electron chi connectivity index (χ2n) is 6.38. The van der Waals surface area contributed by atoms with E-state index in [1.54, 1.807) is 0 Å². The molecule has 1 fully saturated rings. The molecule has 1 aliphatic heterocycles. The van der Waals surface area contributed by atoms with Gasteiger partial charge < -0.3 is 15.3 Å². The van der Waals surface area contributed by atoms with E-state index >= 15 is 0 Å². The van der Waals surface area contributed by atoms with Gasteiger partial charge in [-0.15, -0.1) is 0 Å². The van der Waals surface area contributed by atoms with Crippen LogP contribution in [0.15, 0.2) is 18.2 Å². The van der Waals surface area contributed by atoms with E-state index in [4.69, 9.17) is 16.7 Å². The number of nitrogens with one attached hydrogen (secondary N) is 1. The SMILES string of the molecule is CC(C)CNCc1c(Cl)cccc1N1CCC(CCO)C1. The summed E-state index contributed by atoms with van der Waals surface area (Å²) in [6.45, 7) is 8.60. The van der Waals surface area contributed by atoms with Crippen LogP contribution in [0.25, 0.3) is 0 Å². The maximum atomic E-state index is 9.10. The van der Waals surface area contributed by atoms with E-state index in [0.717, 1.165) is 44.0 Å². The Morgan fingerprint density at radius 1 is 1.43 bits per heavy atom. The van der Waals surface area contributed by atoms with E-state index in [0.29, 0.717) is 11.8 Å². The first kappa shape index (κ1) is 16.6. The van der Waals surface area contributed by atoms with Crippen LogP contribution in [0.3, 0.4) is 0 Å². The largest absolute Gasteiger partial charge is 0.396 e. The van der Waals surface area contributed by atoms with Crippen LogP contribution in [-0.2, 0) is 6.54 Å². The first-order valence-corrected chi connectivity index (χ1v) is 8.33. The topological polar surface area (TPSA) is 35.5 Å². The lowest BCUT2D eigenvalue weighted by Gasteiger charge is -2.23. The predicted molar refractivity (Wildman–Crippen MR) is 90.0 cm³/mol. The summed E-state index contributed by atoms with van der Waals surface area (Å²) in [7, 11) is 0. The van der Waals surface area contributed by atoms with Crippen LogP contribution in [-0.4, -0.2) is 31.3 Å². The standard InChI is InChI=1S/C17H27ClN2O/c1-13(2)10-19-11-15-16(18)4-3-5-17(15)20-8-6-14(12-20)7-9-21/h3-5,13-14,19,21H,6-12H2,1-2H3. The maximum Gasteiger partial charge on any atom is 0.0471 e. The molecule has 2 rings (SSSR count). The fraction of sp³-hybridized carbons (Fsp3) is 0.647. The zero-order chi connectivity index (χ0) is 15.2. The Morgan fingerprint density at radius 2 is 2.24 bits per heavy atom. The monoisotopic (exact) mass is 310 g/mol. The second-order valence-corrected chi connectivity index (χ2v) is 6.78. The fourth-order valence-electron chi connectivity index (χ4n) is 2.97. The minimum absolute atomic E-state index is 0.289. The molecule has 1 aromatic rings. The Balaban J connectivity index is 2.07. The van der Waals surface area contributed by atoms with Gasteiger partial charge in [0.05, 0.1) is 0 Å². The second kappa shape index (κ2) is 8.02. The highest BCUT2D eigenvalue weighted by molar-refractivity contribution is 6.31. The van der Waals surface area contributed by atoms with Gasteiger partial charge in [-0.1, -0.05) is 31.5 Å². The molecule has 1 aliphatic rings. The quantitative estimate of drug-likeness (QED) is 0.811. The number of hydrogen-bond donors (Lipinski definition) is 2. The number of rotatable bonds is 7. The van der Waals surface area contributed by atoms with Crippen molar-refractivity contribution in [3.8, 4) is 0 Å². The third kappa shape index (κ3) is 4.60. The molecule has 21 heavy (non-hydrogen) atoms. The van der Waals surface area contributed by atoms with Crippen LogP contribution in [0.2, 0.25) is 5.02 Å². The van der Waals surface area contributed by atoms with E-state index in [1.165, 1.54) is 11.3 Å². The summed E-state index contributed by atoms with van der Waals surface area (Å²) in [6, 6.07) is 6.17. The molecule has 1 heterocycles. The molecule has 0 bridgehead atoms. The molecule has 0 radical (unpaired) electrons. The molecule has 3 nitrogen and oxygen atoms in total. The van der Waals surface area contributed by atoms with Gasteiger partial charge in [0.15, 0.2) is 0 Å². The summed E-state index contributed by atoms with van der Waals surface area (Å²) in [6.07, 6.45) is 2.06. The molecule has 0 aliphatic carbocycles. The molecule has 0 aromatic heterocycles. The Hall–Kier alpha value is -0.770. The Bertz CT molecular complexity index is 450. The number of anilines is 1. The first-order chi connectivity index (χ1) is 10.1. The Kier molecular flexibility index (Phi) is 6.34. The molecule has 1 aromatic carbocycles. The molecule has 1 saturated heterocycles. The number of halogens is 1. The van der Waals surface area contributed by atoms with Crippen molar-refractivity contribution in [2.75, 3.05) is 31.1 Å². The number of hydrogen-bond acceptors (Lipinski definition) is 3. The lowest BCUT2D eigenvalue weighted by molar-refractivity contribution is 0.263. The van der Waals surface area contributed by atoms with Crippen molar-refractivity contribution >= 4 is 17.3 Å². The van der Waals surface area contributed by atoms with Crippen LogP contribution in [0.5, 0.6) is 0 Å². The summed E-state index contributed by atoms with van der Waals surface area (Å²) < 4.78 is 0. The average Bonchev–Trinajstić information content (AvgIpc) is 2.89. The highest BCUT2D eigenvalue weighted by Gasteiger charge is 2.24. The fourth-order valence-corrected chi connectivity index (χ4v) is 3.21. The van der Waals surface area contributed by atoms with Gasteiger partial charge in [-0.05, 0) is 43.4 Å². The van der Waals surface area contributed by atoms with Gasteiger partial charge >= 0.3 is 0 Å². The Labute approximate surface area is 133 Å². The average molecular weight is 311 g/mol. The minimum Gasteiger partial charge on any atom is -0.396 e. The summed E-state index contributed by atoms with van der Waals surface area (Å²) in [4.78, 5) is 2.42. The zero-order valence-corrected chi connectivity index (χ0v) is 13.9. The summed E-state index contributed by atoms with van der Waals surface area (Å²) >= 11 is 6.41. The van der Waals surface area contributed by atoms with Crippen LogP contribution in [0.4, 0.5) is 5.69 Å². The number of aliphatic hydroxyl groups excluding tert-OH is 1. The molecule has 4 heteroatoms. The summed E-state index contributed by atoms with van der Waals surface area (Å²) in [5.74, 6) is 1.24. The van der Waals surface area contributed by atoms with Crippen molar-refractivity contribution in [2.45, 2.75) is 33.2 Å². The van der Waals surface area contributed by atoms with Crippen LogP contribution < -0.4 is 10.2 Å². The van der Waals surface area contributed by atoms with Gasteiger partial charge in [0.1, 0.15) is 0 Å². The molecule has 0 saturated carbocycles. The Morgan fingerprint density at radius 3 is 2.95 bits per heavy atom. The van der Waals surface area contributed by atoms with Crippen molar-refractivity contribution < 1.29 is 5.11 Å². The van der Waals surface area contributed by atoms with Crippen molar-refractivity contribution in [1.82, 2.24) is 5.32 Å². The number of benzene rings is 1. The lowest BCUT2D eigenvalue weighted by Crippen LogP contribution is -2.24. The maximum absolute atomic E-state index is 9.10. The van der Waals surface area contributed by atoms with E-state index in [2.05, 4.69) is 30.1 Å². The summed E-state index contributed by atoms with van der Waals surface area (Å²) in [5.41, 5.74) is 2.45. The van der Waals surface area contributed by atoms with E-state index in [-0.39, 0.29) is 6.61 Å². The van der Waals surface area contributed by atoms with Gasteiger partial charge in [0.2, 0.25) is 0 Å². The normalized spacial score (nSPS) is 18.7. The molecule has 118 valence electrons. The molecule has 2 N–H and O–H groups in total. The molecular weight excluding hydrogens is 284 g/mol. The number of nitrogens with zero attached hydrogens (tertiary/aromatic N) is 1.